The van der Waals surface area contributed by atoms with E-state index in [0.717, 1.165) is 47.2 Å². The van der Waals surface area contributed by atoms with Crippen molar-refractivity contribution in [2.24, 2.45) is 5.92 Å². The van der Waals surface area contributed by atoms with Crippen molar-refractivity contribution in [2.75, 3.05) is 25.5 Å². The highest BCUT2D eigenvalue weighted by Crippen LogP contribution is 2.34. The highest BCUT2D eigenvalue weighted by atomic mass is 35.5. The first-order valence-electron chi connectivity index (χ1n) is 8.99. The molecule has 0 bridgehead atoms. The van der Waals surface area contributed by atoms with Gasteiger partial charge in [0.05, 0.1) is 18.5 Å². The van der Waals surface area contributed by atoms with E-state index in [1.165, 1.54) is 0 Å². The summed E-state index contributed by atoms with van der Waals surface area (Å²) in [6.45, 7) is 1.68. The van der Waals surface area contributed by atoms with Crippen molar-refractivity contribution in [1.29, 1.82) is 0 Å². The summed E-state index contributed by atoms with van der Waals surface area (Å²) in [6.07, 6.45) is 1.91. The van der Waals surface area contributed by atoms with E-state index in [0.29, 0.717) is 17.4 Å². The Bertz CT molecular complexity index is 983. The molecule has 1 aromatic heterocycles. The smallest absolute Gasteiger partial charge is 0.229 e. The number of piperidine rings is 1. The van der Waals surface area contributed by atoms with Crippen LogP contribution in [-0.2, 0) is 4.79 Å². The molecule has 1 amide bonds. The summed E-state index contributed by atoms with van der Waals surface area (Å²) in [6, 6.07) is 11.4. The van der Waals surface area contributed by atoms with Crippen LogP contribution in [0.1, 0.15) is 12.8 Å². The predicted octanol–water partition coefficient (Wildman–Crippen LogP) is 4.25. The average Bonchev–Trinajstić information content (AvgIpc) is 3.11. The first-order chi connectivity index (χ1) is 13.2. The molecule has 1 aliphatic rings. The first kappa shape index (κ1) is 20.5. The summed E-state index contributed by atoms with van der Waals surface area (Å²) >= 11 is 6.38. The lowest BCUT2D eigenvalue weighted by Gasteiger charge is -2.21. The van der Waals surface area contributed by atoms with Gasteiger partial charge in [0.2, 0.25) is 5.91 Å². The molecule has 2 heterocycles. The SMILES string of the molecule is COc1ccc(Cl)c(-c2ccc3[nH]nc(NC(=O)C4CCCNC4)c3c2)c1.Cl. The van der Waals surface area contributed by atoms with Crippen LogP contribution in [0.25, 0.3) is 22.0 Å². The number of nitrogens with one attached hydrogen (secondary N) is 3. The third-order valence-corrected chi connectivity index (χ3v) is 5.29. The van der Waals surface area contributed by atoms with Crippen molar-refractivity contribution in [1.82, 2.24) is 15.5 Å². The summed E-state index contributed by atoms with van der Waals surface area (Å²) in [5.41, 5.74) is 2.66. The van der Waals surface area contributed by atoms with Crippen molar-refractivity contribution in [3.63, 3.8) is 0 Å². The Hall–Kier alpha value is -2.28. The number of halogens is 2. The Morgan fingerprint density at radius 2 is 2.14 bits per heavy atom. The maximum atomic E-state index is 12.6. The second-order valence-electron chi connectivity index (χ2n) is 6.71. The molecule has 0 radical (unpaired) electrons. The number of anilines is 1. The number of rotatable bonds is 4. The molecule has 148 valence electrons. The van der Waals surface area contributed by atoms with Gasteiger partial charge in [-0.1, -0.05) is 17.7 Å². The van der Waals surface area contributed by atoms with Gasteiger partial charge in [0.15, 0.2) is 5.82 Å². The third-order valence-electron chi connectivity index (χ3n) is 4.96. The van der Waals surface area contributed by atoms with Gasteiger partial charge in [-0.2, -0.15) is 5.10 Å². The van der Waals surface area contributed by atoms with Crippen molar-refractivity contribution in [3.8, 4) is 16.9 Å². The zero-order valence-corrected chi connectivity index (χ0v) is 17.0. The molecule has 0 aliphatic carbocycles. The number of nitrogens with zero attached hydrogens (tertiary/aromatic N) is 1. The largest absolute Gasteiger partial charge is 0.497 e. The van der Waals surface area contributed by atoms with Crippen LogP contribution in [0.15, 0.2) is 36.4 Å². The van der Waals surface area contributed by atoms with Gasteiger partial charge in [-0.05, 0) is 55.3 Å². The van der Waals surface area contributed by atoms with Crippen LogP contribution in [-0.4, -0.2) is 36.3 Å². The van der Waals surface area contributed by atoms with Gasteiger partial charge in [0.1, 0.15) is 5.75 Å². The van der Waals surface area contributed by atoms with Gasteiger partial charge in [-0.25, -0.2) is 0 Å². The lowest BCUT2D eigenvalue weighted by Crippen LogP contribution is -2.37. The number of ether oxygens (including phenoxy) is 1. The van der Waals surface area contributed by atoms with Crippen LogP contribution in [0.3, 0.4) is 0 Å². The summed E-state index contributed by atoms with van der Waals surface area (Å²) in [4.78, 5) is 12.6. The highest BCUT2D eigenvalue weighted by molar-refractivity contribution is 6.33. The molecular weight excluding hydrogens is 399 g/mol. The molecule has 4 rings (SSSR count). The summed E-state index contributed by atoms with van der Waals surface area (Å²) in [5.74, 6) is 1.25. The lowest BCUT2D eigenvalue weighted by atomic mass is 9.99. The van der Waals surface area contributed by atoms with Crippen LogP contribution in [0.2, 0.25) is 5.02 Å². The zero-order chi connectivity index (χ0) is 18.8. The fraction of sp³-hybridized carbons (Fsp3) is 0.300. The van der Waals surface area contributed by atoms with Crippen molar-refractivity contribution >= 4 is 46.6 Å². The van der Waals surface area contributed by atoms with Gasteiger partial charge in [0, 0.05) is 22.5 Å². The zero-order valence-electron chi connectivity index (χ0n) is 15.4. The summed E-state index contributed by atoms with van der Waals surface area (Å²) < 4.78 is 5.31. The number of carbonyl (C=O) groups is 1. The van der Waals surface area contributed by atoms with Crippen LogP contribution in [0, 0.1) is 5.92 Å². The predicted molar refractivity (Wildman–Crippen MR) is 115 cm³/mol. The molecule has 1 fully saturated rings. The number of hydrogen-bond donors (Lipinski definition) is 3. The minimum atomic E-state index is -0.0264. The number of carbonyl (C=O) groups excluding carboxylic acids is 1. The molecule has 28 heavy (non-hydrogen) atoms. The highest BCUT2D eigenvalue weighted by Gasteiger charge is 2.22. The van der Waals surface area contributed by atoms with E-state index in [4.69, 9.17) is 16.3 Å². The van der Waals surface area contributed by atoms with Gasteiger partial charge in [0.25, 0.3) is 0 Å². The van der Waals surface area contributed by atoms with Crippen LogP contribution >= 0.6 is 24.0 Å². The molecule has 1 unspecified atom stereocenters. The van der Waals surface area contributed by atoms with E-state index >= 15 is 0 Å². The number of H-pyrrole nitrogens is 1. The molecule has 1 atom stereocenters. The van der Waals surface area contributed by atoms with Crippen LogP contribution < -0.4 is 15.4 Å². The minimum Gasteiger partial charge on any atom is -0.497 e. The van der Waals surface area contributed by atoms with E-state index in [2.05, 4.69) is 20.8 Å². The standard InChI is InChI=1S/C20H21ClN4O2.ClH/c1-27-14-5-6-17(21)15(10-14)12-4-7-18-16(9-12)19(25-24-18)23-20(26)13-3-2-8-22-11-13;/h4-7,9-10,13,22H,2-3,8,11H2,1H3,(H2,23,24,25,26);1H. The Morgan fingerprint density at radius 1 is 1.29 bits per heavy atom. The van der Waals surface area contributed by atoms with Crippen LogP contribution in [0.4, 0.5) is 5.82 Å². The number of methoxy groups -OCH3 is 1. The molecule has 0 spiro atoms. The second-order valence-corrected chi connectivity index (χ2v) is 7.12. The molecule has 0 saturated carbocycles. The molecule has 3 aromatic rings. The Balaban J connectivity index is 0.00000225. The van der Waals surface area contributed by atoms with Gasteiger partial charge >= 0.3 is 0 Å². The maximum absolute atomic E-state index is 12.6. The number of amides is 1. The first-order valence-corrected chi connectivity index (χ1v) is 9.37. The second kappa shape index (κ2) is 8.82. The maximum Gasteiger partial charge on any atom is 0.229 e. The quantitative estimate of drug-likeness (QED) is 0.589. The van der Waals surface area contributed by atoms with Gasteiger partial charge < -0.3 is 15.4 Å². The van der Waals surface area contributed by atoms with Gasteiger partial charge in [-0.3, -0.25) is 9.89 Å². The fourth-order valence-electron chi connectivity index (χ4n) is 3.42. The fourth-order valence-corrected chi connectivity index (χ4v) is 3.65. The summed E-state index contributed by atoms with van der Waals surface area (Å²) in [5, 5.41) is 15.0. The number of fused-ring (bicyclic) bond motifs is 1. The van der Waals surface area contributed by atoms with E-state index in [1.54, 1.807) is 7.11 Å². The molecule has 2 aromatic carbocycles. The number of hydrogen-bond acceptors (Lipinski definition) is 4. The monoisotopic (exact) mass is 420 g/mol. The normalized spacial score (nSPS) is 16.4. The van der Waals surface area contributed by atoms with E-state index < -0.39 is 0 Å². The van der Waals surface area contributed by atoms with Crippen molar-refractivity contribution < 1.29 is 9.53 Å². The number of aromatic amines is 1. The molecule has 1 saturated heterocycles. The minimum absolute atomic E-state index is 0. The molecule has 6 nitrogen and oxygen atoms in total. The third kappa shape index (κ3) is 4.09. The molecule has 3 N–H and O–H groups in total. The van der Waals surface area contributed by atoms with Crippen LogP contribution in [0.5, 0.6) is 5.75 Å². The van der Waals surface area contributed by atoms with E-state index in [-0.39, 0.29) is 24.2 Å². The van der Waals surface area contributed by atoms with Crippen molar-refractivity contribution in [2.45, 2.75) is 12.8 Å². The summed E-state index contributed by atoms with van der Waals surface area (Å²) in [7, 11) is 1.63. The Morgan fingerprint density at radius 3 is 2.89 bits per heavy atom. The lowest BCUT2D eigenvalue weighted by molar-refractivity contribution is -0.120. The Labute approximate surface area is 174 Å². The van der Waals surface area contributed by atoms with E-state index in [1.807, 2.05) is 36.4 Å². The average molecular weight is 421 g/mol. The molecular formula is C20H22Cl2N4O2. The van der Waals surface area contributed by atoms with E-state index in [9.17, 15) is 4.79 Å². The molecule has 8 heteroatoms. The Kier molecular flexibility index (Phi) is 6.44. The van der Waals surface area contributed by atoms with Crippen molar-refractivity contribution in [3.05, 3.63) is 41.4 Å². The van der Waals surface area contributed by atoms with Gasteiger partial charge in [-0.15, -0.1) is 12.4 Å². The molecule has 1 aliphatic heterocycles. The number of benzene rings is 2. The number of aromatic nitrogens is 2. The topological polar surface area (TPSA) is 79.0 Å².